The summed E-state index contributed by atoms with van der Waals surface area (Å²) in [6.07, 6.45) is 0.547. The number of nitrogens with one attached hydrogen (secondary N) is 1. The van der Waals surface area contributed by atoms with Crippen LogP contribution in [0.15, 0.2) is 24.3 Å². The topological polar surface area (TPSA) is 39.3 Å². The normalized spacial score (nSPS) is 21.2. The Morgan fingerprint density at radius 2 is 2.25 bits per heavy atom. The minimum Gasteiger partial charge on any atom is -0.373 e. The Kier molecular flexibility index (Phi) is 2.23. The first kappa shape index (κ1) is 9.87. The summed E-state index contributed by atoms with van der Waals surface area (Å²) in [6.45, 7) is 3.90. The summed E-state index contributed by atoms with van der Waals surface area (Å²) < 4.78 is 0. The van der Waals surface area contributed by atoms with E-state index in [1.165, 1.54) is 10.9 Å². The maximum absolute atomic E-state index is 10.2. The lowest BCUT2D eigenvalue weighted by Crippen LogP contribution is -2.34. The van der Waals surface area contributed by atoms with Crippen molar-refractivity contribution in [3.8, 4) is 0 Å². The van der Waals surface area contributed by atoms with Crippen LogP contribution in [0, 0.1) is 0 Å². The number of rotatable bonds is 1. The highest BCUT2D eigenvalue weighted by Gasteiger charge is 2.27. The first-order valence-corrected chi connectivity index (χ1v) is 5.83. The van der Waals surface area contributed by atoms with Crippen LogP contribution in [0.4, 0.5) is 0 Å². The number of fused-ring (bicyclic) bond motifs is 3. The number of para-hydroxylation sites is 1. The van der Waals surface area contributed by atoms with E-state index in [2.05, 4.69) is 35.0 Å². The summed E-state index contributed by atoms with van der Waals surface area (Å²) >= 11 is 0. The molecule has 2 heterocycles. The van der Waals surface area contributed by atoms with Crippen molar-refractivity contribution in [1.82, 2.24) is 9.88 Å². The molecule has 0 saturated carbocycles. The van der Waals surface area contributed by atoms with E-state index in [1.807, 2.05) is 6.07 Å². The Morgan fingerprint density at radius 1 is 1.44 bits per heavy atom. The summed E-state index contributed by atoms with van der Waals surface area (Å²) in [5.74, 6) is 0. The van der Waals surface area contributed by atoms with Gasteiger partial charge in [-0.05, 0) is 24.6 Å². The average molecular weight is 216 g/mol. The third-order valence-corrected chi connectivity index (χ3v) is 3.51. The molecule has 1 aliphatic heterocycles. The van der Waals surface area contributed by atoms with Crippen molar-refractivity contribution in [3.05, 3.63) is 35.5 Å². The lowest BCUT2D eigenvalue weighted by atomic mass is 10.0. The highest BCUT2D eigenvalue weighted by atomic mass is 16.3. The predicted molar refractivity (Wildman–Crippen MR) is 64.2 cm³/mol. The summed E-state index contributed by atoms with van der Waals surface area (Å²) in [5, 5.41) is 11.5. The van der Waals surface area contributed by atoms with Crippen molar-refractivity contribution < 1.29 is 5.11 Å². The predicted octanol–water partition coefficient (Wildman–Crippen LogP) is 2.04. The molecule has 1 aromatic heterocycles. The van der Waals surface area contributed by atoms with Crippen LogP contribution in [0.25, 0.3) is 10.9 Å². The maximum atomic E-state index is 10.2. The van der Waals surface area contributed by atoms with Gasteiger partial charge in [0.2, 0.25) is 0 Å². The molecule has 84 valence electrons. The molecule has 1 unspecified atom stereocenters. The van der Waals surface area contributed by atoms with Gasteiger partial charge in [0.15, 0.2) is 0 Å². The second kappa shape index (κ2) is 3.61. The molecule has 0 aliphatic carbocycles. The highest BCUT2D eigenvalue weighted by Crippen LogP contribution is 2.32. The van der Waals surface area contributed by atoms with Gasteiger partial charge in [-0.3, -0.25) is 4.90 Å². The van der Waals surface area contributed by atoms with Crippen LogP contribution >= 0.6 is 0 Å². The van der Waals surface area contributed by atoms with Crippen LogP contribution in [0.1, 0.15) is 24.4 Å². The zero-order valence-corrected chi connectivity index (χ0v) is 9.40. The average Bonchev–Trinajstić information content (AvgIpc) is 2.69. The highest BCUT2D eigenvalue weighted by molar-refractivity contribution is 5.85. The Bertz CT molecular complexity index is 518. The molecular formula is C13H16N2O. The second-order valence-corrected chi connectivity index (χ2v) is 4.32. The van der Waals surface area contributed by atoms with E-state index in [0.29, 0.717) is 0 Å². The molecular weight excluding hydrogens is 200 g/mol. The monoisotopic (exact) mass is 216 g/mol. The molecule has 16 heavy (non-hydrogen) atoms. The molecule has 1 atom stereocenters. The van der Waals surface area contributed by atoms with Gasteiger partial charge in [-0.1, -0.05) is 25.1 Å². The zero-order valence-electron chi connectivity index (χ0n) is 9.40. The van der Waals surface area contributed by atoms with Gasteiger partial charge in [-0.25, -0.2) is 0 Å². The van der Waals surface area contributed by atoms with Crippen molar-refractivity contribution in [2.45, 2.75) is 19.6 Å². The smallest absolute Gasteiger partial charge is 0.148 e. The number of hydrogen-bond donors (Lipinski definition) is 2. The van der Waals surface area contributed by atoms with Crippen LogP contribution in [0.2, 0.25) is 0 Å². The van der Waals surface area contributed by atoms with Crippen molar-refractivity contribution in [2.75, 3.05) is 13.1 Å². The lowest BCUT2D eigenvalue weighted by Gasteiger charge is -2.30. The minimum atomic E-state index is -0.471. The Hall–Kier alpha value is -1.32. The Labute approximate surface area is 94.7 Å². The van der Waals surface area contributed by atoms with E-state index in [9.17, 15) is 5.11 Å². The molecule has 0 amide bonds. The van der Waals surface area contributed by atoms with Crippen molar-refractivity contribution in [1.29, 1.82) is 0 Å². The largest absolute Gasteiger partial charge is 0.373 e. The number of aliphatic hydroxyl groups is 1. The third-order valence-electron chi connectivity index (χ3n) is 3.51. The number of nitrogens with zero attached hydrogens (tertiary/aromatic N) is 1. The standard InChI is InChI=1S/C13H16N2O/c1-2-15-8-7-10-9-5-3-4-6-11(9)14-12(10)13(15)16/h3-6,13-14,16H,2,7-8H2,1H3. The minimum absolute atomic E-state index is 0.471. The molecule has 3 rings (SSSR count). The van der Waals surface area contributed by atoms with Gasteiger partial charge in [0.1, 0.15) is 6.23 Å². The second-order valence-electron chi connectivity index (χ2n) is 4.32. The van der Waals surface area contributed by atoms with Crippen LogP contribution in [-0.4, -0.2) is 28.1 Å². The van der Waals surface area contributed by atoms with E-state index < -0.39 is 6.23 Å². The molecule has 0 radical (unpaired) electrons. The fourth-order valence-corrected chi connectivity index (χ4v) is 2.60. The number of aromatic amines is 1. The first-order chi connectivity index (χ1) is 7.81. The molecule has 0 saturated heterocycles. The summed E-state index contributed by atoms with van der Waals surface area (Å²) in [7, 11) is 0. The fourth-order valence-electron chi connectivity index (χ4n) is 2.60. The molecule has 3 nitrogen and oxygen atoms in total. The fraction of sp³-hybridized carbons (Fsp3) is 0.385. The Morgan fingerprint density at radius 3 is 3.06 bits per heavy atom. The number of H-pyrrole nitrogens is 1. The van der Waals surface area contributed by atoms with Crippen molar-refractivity contribution in [3.63, 3.8) is 0 Å². The van der Waals surface area contributed by atoms with Gasteiger partial charge < -0.3 is 10.1 Å². The van der Waals surface area contributed by atoms with Crippen LogP contribution < -0.4 is 0 Å². The molecule has 0 spiro atoms. The van der Waals surface area contributed by atoms with Crippen molar-refractivity contribution >= 4 is 10.9 Å². The third kappa shape index (κ3) is 1.29. The SMILES string of the molecule is CCN1CCc2c([nH]c3ccccc23)C1O. The number of benzene rings is 1. The van der Waals surface area contributed by atoms with Crippen LogP contribution in [0.5, 0.6) is 0 Å². The van der Waals surface area contributed by atoms with E-state index >= 15 is 0 Å². The molecule has 2 N–H and O–H groups in total. The quantitative estimate of drug-likeness (QED) is 0.765. The van der Waals surface area contributed by atoms with Gasteiger partial charge >= 0.3 is 0 Å². The summed E-state index contributed by atoms with van der Waals surface area (Å²) in [5.41, 5.74) is 3.40. The van der Waals surface area contributed by atoms with Crippen LogP contribution in [-0.2, 0) is 6.42 Å². The van der Waals surface area contributed by atoms with Gasteiger partial charge in [-0.15, -0.1) is 0 Å². The number of hydrogen-bond acceptors (Lipinski definition) is 2. The molecule has 1 aromatic carbocycles. The van der Waals surface area contributed by atoms with E-state index in [-0.39, 0.29) is 0 Å². The summed E-state index contributed by atoms with van der Waals surface area (Å²) in [4.78, 5) is 5.42. The van der Waals surface area contributed by atoms with Crippen LogP contribution in [0.3, 0.4) is 0 Å². The zero-order chi connectivity index (χ0) is 11.1. The molecule has 0 bridgehead atoms. The Balaban J connectivity index is 2.17. The van der Waals surface area contributed by atoms with Gasteiger partial charge in [0.05, 0.1) is 5.69 Å². The first-order valence-electron chi connectivity index (χ1n) is 5.83. The molecule has 2 aromatic rings. The van der Waals surface area contributed by atoms with Gasteiger partial charge in [0, 0.05) is 17.4 Å². The maximum Gasteiger partial charge on any atom is 0.148 e. The summed E-state index contributed by atoms with van der Waals surface area (Å²) in [6, 6.07) is 8.26. The van der Waals surface area contributed by atoms with Gasteiger partial charge in [0.25, 0.3) is 0 Å². The van der Waals surface area contributed by atoms with Crippen molar-refractivity contribution in [2.24, 2.45) is 0 Å². The van der Waals surface area contributed by atoms with E-state index in [0.717, 1.165) is 30.7 Å². The molecule has 3 heteroatoms. The number of likely N-dealkylation sites (N-methyl/N-ethyl adjacent to an activating group) is 1. The lowest BCUT2D eigenvalue weighted by molar-refractivity contribution is -0.00520. The van der Waals surface area contributed by atoms with E-state index in [1.54, 1.807) is 0 Å². The van der Waals surface area contributed by atoms with Gasteiger partial charge in [-0.2, -0.15) is 0 Å². The van der Waals surface area contributed by atoms with E-state index in [4.69, 9.17) is 0 Å². The number of aromatic nitrogens is 1. The molecule has 0 fully saturated rings. The molecule has 1 aliphatic rings. The number of aliphatic hydroxyl groups excluding tert-OH is 1.